The van der Waals surface area contributed by atoms with Crippen LogP contribution in [0.25, 0.3) is 0 Å². The number of aliphatic hydroxyl groups excluding tert-OH is 1. The summed E-state index contributed by atoms with van der Waals surface area (Å²) >= 11 is 10.7. The minimum absolute atomic E-state index is 0.273. The third-order valence-electron chi connectivity index (χ3n) is 0.974. The van der Waals surface area contributed by atoms with E-state index in [-0.39, 0.29) is 5.22 Å². The fourth-order valence-corrected chi connectivity index (χ4v) is 0.663. The second-order valence-corrected chi connectivity index (χ2v) is 2.61. The van der Waals surface area contributed by atoms with Gasteiger partial charge in [0.1, 0.15) is 0 Å². The highest BCUT2D eigenvalue weighted by Gasteiger charge is 1.96. The average molecular weight is 169 g/mol. The minimum Gasteiger partial charge on any atom is -0.498 e. The van der Waals surface area contributed by atoms with E-state index in [0.717, 1.165) is 12.8 Å². The molecule has 0 heterocycles. The van der Waals surface area contributed by atoms with Crippen molar-refractivity contribution in [1.29, 1.82) is 0 Å². The fraction of sp³-hybridized carbons (Fsp3) is 0.667. The van der Waals surface area contributed by atoms with Gasteiger partial charge in [-0.1, -0.05) is 24.9 Å². The zero-order chi connectivity index (χ0) is 7.28. The molecule has 3 heteroatoms. The lowest BCUT2D eigenvalue weighted by Crippen LogP contribution is -1.77. The first kappa shape index (κ1) is 9.12. The van der Waals surface area contributed by atoms with Gasteiger partial charge in [0.25, 0.3) is 0 Å². The molecule has 9 heavy (non-hydrogen) atoms. The maximum absolute atomic E-state index is 8.56. The predicted molar refractivity (Wildman–Crippen MR) is 40.9 cm³/mol. The van der Waals surface area contributed by atoms with Crippen LogP contribution in [0.15, 0.2) is 10.3 Å². The lowest BCUT2D eigenvalue weighted by atomic mass is 10.2. The van der Waals surface area contributed by atoms with Gasteiger partial charge in [0, 0.05) is 0 Å². The molecule has 0 rings (SSSR count). The third kappa shape index (κ3) is 4.61. The summed E-state index contributed by atoms with van der Waals surface area (Å²) in [6.45, 7) is 2.05. The number of rotatable bonds is 3. The standard InChI is InChI=1S/C6H10Cl2O/c1-2-3-4-5(7)6(8)9/h9H,2-4H2,1H3. The molecule has 1 nitrogen and oxygen atoms in total. The minimum atomic E-state index is -0.273. The Hall–Kier alpha value is 0.120. The van der Waals surface area contributed by atoms with E-state index in [1.165, 1.54) is 0 Å². The van der Waals surface area contributed by atoms with Crippen LogP contribution in [0.3, 0.4) is 0 Å². The molecule has 0 spiro atoms. The molecule has 0 saturated heterocycles. The number of halogens is 2. The number of aliphatic hydroxyl groups is 1. The third-order valence-corrected chi connectivity index (χ3v) is 1.67. The average Bonchev–Trinajstić information content (AvgIpc) is 1.82. The summed E-state index contributed by atoms with van der Waals surface area (Å²) < 4.78 is 0. The Labute approximate surface area is 65.3 Å². The van der Waals surface area contributed by atoms with Crippen molar-refractivity contribution in [2.45, 2.75) is 26.2 Å². The van der Waals surface area contributed by atoms with Crippen LogP contribution in [0, 0.1) is 0 Å². The molecule has 0 aliphatic rings. The Morgan fingerprint density at radius 3 is 2.33 bits per heavy atom. The maximum Gasteiger partial charge on any atom is 0.199 e. The molecule has 0 atom stereocenters. The summed E-state index contributed by atoms with van der Waals surface area (Å²) in [7, 11) is 0. The molecule has 0 amide bonds. The van der Waals surface area contributed by atoms with E-state index in [0.29, 0.717) is 11.5 Å². The van der Waals surface area contributed by atoms with Gasteiger partial charge < -0.3 is 5.11 Å². The molecule has 0 fully saturated rings. The van der Waals surface area contributed by atoms with Crippen molar-refractivity contribution in [3.63, 3.8) is 0 Å². The Bertz CT molecular complexity index is 106. The van der Waals surface area contributed by atoms with Crippen molar-refractivity contribution in [2.75, 3.05) is 0 Å². The van der Waals surface area contributed by atoms with E-state index >= 15 is 0 Å². The van der Waals surface area contributed by atoms with Crippen LogP contribution in [0.4, 0.5) is 0 Å². The monoisotopic (exact) mass is 168 g/mol. The number of unbranched alkanes of at least 4 members (excludes halogenated alkanes) is 1. The van der Waals surface area contributed by atoms with Gasteiger partial charge in [-0.25, -0.2) is 0 Å². The van der Waals surface area contributed by atoms with E-state index in [4.69, 9.17) is 28.3 Å². The van der Waals surface area contributed by atoms with Crippen molar-refractivity contribution in [1.82, 2.24) is 0 Å². The van der Waals surface area contributed by atoms with Crippen LogP contribution in [0.5, 0.6) is 0 Å². The van der Waals surface area contributed by atoms with E-state index < -0.39 is 0 Å². The Kier molecular flexibility index (Phi) is 5.02. The van der Waals surface area contributed by atoms with Crippen LogP contribution in [0.2, 0.25) is 0 Å². The molecule has 0 aromatic carbocycles. The quantitative estimate of drug-likeness (QED) is 0.642. The lowest BCUT2D eigenvalue weighted by Gasteiger charge is -1.94. The van der Waals surface area contributed by atoms with E-state index in [1.807, 2.05) is 0 Å². The summed E-state index contributed by atoms with van der Waals surface area (Å²) in [5, 5.41) is 8.65. The molecule has 0 aromatic rings. The number of hydrogen-bond donors (Lipinski definition) is 1. The highest BCUT2D eigenvalue weighted by Crippen LogP contribution is 2.17. The second-order valence-electron chi connectivity index (χ2n) is 1.80. The molecule has 0 aliphatic carbocycles. The molecule has 54 valence electrons. The summed E-state index contributed by atoms with van der Waals surface area (Å²) in [5.74, 6) is 0. The topological polar surface area (TPSA) is 20.2 Å². The SMILES string of the molecule is CCCCC(Cl)=C(O)Cl. The van der Waals surface area contributed by atoms with Gasteiger partial charge in [-0.05, 0) is 24.4 Å². The first-order valence-electron chi connectivity index (χ1n) is 2.91. The van der Waals surface area contributed by atoms with Gasteiger partial charge in [0.2, 0.25) is 0 Å². The Morgan fingerprint density at radius 2 is 2.00 bits per heavy atom. The largest absolute Gasteiger partial charge is 0.498 e. The summed E-state index contributed by atoms with van der Waals surface area (Å²) in [4.78, 5) is 0. The van der Waals surface area contributed by atoms with Gasteiger partial charge in [-0.2, -0.15) is 0 Å². The smallest absolute Gasteiger partial charge is 0.199 e. The van der Waals surface area contributed by atoms with Crippen molar-refractivity contribution >= 4 is 23.2 Å². The van der Waals surface area contributed by atoms with Crippen molar-refractivity contribution in [3.05, 3.63) is 10.3 Å². The Balaban J connectivity index is 3.50. The van der Waals surface area contributed by atoms with Crippen molar-refractivity contribution < 1.29 is 5.11 Å². The molecule has 0 saturated carbocycles. The van der Waals surface area contributed by atoms with Crippen LogP contribution < -0.4 is 0 Å². The van der Waals surface area contributed by atoms with E-state index in [2.05, 4.69) is 6.92 Å². The number of allylic oxidation sites excluding steroid dienone is 1. The summed E-state index contributed by atoms with van der Waals surface area (Å²) in [6.07, 6.45) is 2.70. The molecule has 0 bridgehead atoms. The molecular formula is C6H10Cl2O. The van der Waals surface area contributed by atoms with Crippen LogP contribution in [-0.2, 0) is 0 Å². The summed E-state index contributed by atoms with van der Waals surface area (Å²) in [6, 6.07) is 0. The number of hydrogen-bond acceptors (Lipinski definition) is 1. The van der Waals surface area contributed by atoms with Crippen LogP contribution in [-0.4, -0.2) is 5.11 Å². The molecule has 0 unspecified atom stereocenters. The van der Waals surface area contributed by atoms with Gasteiger partial charge in [0.15, 0.2) is 5.22 Å². The molecule has 1 N–H and O–H groups in total. The van der Waals surface area contributed by atoms with E-state index in [1.54, 1.807) is 0 Å². The van der Waals surface area contributed by atoms with Gasteiger partial charge >= 0.3 is 0 Å². The fourth-order valence-electron chi connectivity index (χ4n) is 0.435. The zero-order valence-electron chi connectivity index (χ0n) is 5.32. The van der Waals surface area contributed by atoms with Crippen LogP contribution in [0.1, 0.15) is 26.2 Å². The van der Waals surface area contributed by atoms with Gasteiger partial charge in [-0.15, -0.1) is 0 Å². The normalized spacial score (nSPS) is 13.2. The predicted octanol–water partition coefficient (Wildman–Crippen LogP) is 3.38. The van der Waals surface area contributed by atoms with Crippen molar-refractivity contribution in [3.8, 4) is 0 Å². The van der Waals surface area contributed by atoms with Crippen molar-refractivity contribution in [2.24, 2.45) is 0 Å². The maximum atomic E-state index is 8.56. The first-order valence-corrected chi connectivity index (χ1v) is 3.67. The van der Waals surface area contributed by atoms with E-state index in [9.17, 15) is 0 Å². The Morgan fingerprint density at radius 1 is 1.44 bits per heavy atom. The first-order chi connectivity index (χ1) is 4.18. The van der Waals surface area contributed by atoms with Gasteiger partial charge in [0.05, 0.1) is 5.03 Å². The van der Waals surface area contributed by atoms with Gasteiger partial charge in [-0.3, -0.25) is 0 Å². The van der Waals surface area contributed by atoms with Crippen LogP contribution >= 0.6 is 23.2 Å². The highest BCUT2D eigenvalue weighted by molar-refractivity contribution is 6.38. The summed E-state index contributed by atoms with van der Waals surface area (Å²) in [5.41, 5.74) is 0. The molecule has 0 aromatic heterocycles. The molecule has 0 radical (unpaired) electrons. The second kappa shape index (κ2) is 4.95. The molecular weight excluding hydrogens is 159 g/mol. The lowest BCUT2D eigenvalue weighted by molar-refractivity contribution is 0.446. The molecule has 0 aliphatic heterocycles. The zero-order valence-corrected chi connectivity index (χ0v) is 6.84. The highest BCUT2D eigenvalue weighted by atomic mass is 35.5.